The van der Waals surface area contributed by atoms with Gasteiger partial charge in [-0.1, -0.05) is 12.1 Å². The van der Waals surface area contributed by atoms with Gasteiger partial charge in [0.25, 0.3) is 0 Å². The van der Waals surface area contributed by atoms with Crippen LogP contribution in [-0.2, 0) is 17.3 Å². The number of hydrogen-bond acceptors (Lipinski definition) is 2. The maximum atomic E-state index is 11.1. The van der Waals surface area contributed by atoms with E-state index in [1.54, 1.807) is 6.26 Å². The SMILES string of the molecule is CN(C)Cc1ccc(S(C)=O)cc1. The number of nitrogens with zero attached hydrogens (tertiary/aromatic N) is 1. The van der Waals surface area contributed by atoms with Crippen LogP contribution in [-0.4, -0.2) is 29.5 Å². The van der Waals surface area contributed by atoms with Gasteiger partial charge in [-0.15, -0.1) is 0 Å². The minimum Gasteiger partial charge on any atom is -0.305 e. The molecular formula is C10H15NOS. The molecule has 2 nitrogen and oxygen atoms in total. The van der Waals surface area contributed by atoms with Gasteiger partial charge in [-0.25, -0.2) is 0 Å². The molecule has 0 aliphatic heterocycles. The van der Waals surface area contributed by atoms with Crippen LogP contribution >= 0.6 is 0 Å². The zero-order valence-electron chi connectivity index (χ0n) is 8.28. The van der Waals surface area contributed by atoms with E-state index in [1.807, 2.05) is 38.4 Å². The normalized spacial score (nSPS) is 13.2. The average molecular weight is 197 g/mol. The van der Waals surface area contributed by atoms with E-state index in [2.05, 4.69) is 4.90 Å². The Hall–Kier alpha value is -0.670. The predicted octanol–water partition coefficient (Wildman–Crippen LogP) is 1.49. The predicted molar refractivity (Wildman–Crippen MR) is 56.2 cm³/mol. The molecule has 0 radical (unpaired) electrons. The van der Waals surface area contributed by atoms with Crippen LogP contribution in [0.25, 0.3) is 0 Å². The number of rotatable bonds is 3. The lowest BCUT2D eigenvalue weighted by Gasteiger charge is -2.09. The Morgan fingerprint density at radius 1 is 1.23 bits per heavy atom. The summed E-state index contributed by atoms with van der Waals surface area (Å²) in [5.74, 6) is 0. The van der Waals surface area contributed by atoms with E-state index in [9.17, 15) is 4.21 Å². The van der Waals surface area contributed by atoms with E-state index in [0.717, 1.165) is 11.4 Å². The molecule has 0 spiro atoms. The van der Waals surface area contributed by atoms with Crippen LogP contribution in [0.1, 0.15) is 5.56 Å². The first kappa shape index (κ1) is 10.4. The highest BCUT2D eigenvalue weighted by molar-refractivity contribution is 7.84. The van der Waals surface area contributed by atoms with Crippen molar-refractivity contribution in [2.45, 2.75) is 11.4 Å². The minimum absolute atomic E-state index is 0.864. The lowest BCUT2D eigenvalue weighted by Crippen LogP contribution is -2.10. The van der Waals surface area contributed by atoms with Gasteiger partial charge in [0.05, 0.1) is 0 Å². The molecule has 1 aromatic rings. The standard InChI is InChI=1S/C10H15NOS/c1-11(2)8-9-4-6-10(7-5-9)13(3)12/h4-7H,8H2,1-3H3. The first-order valence-corrected chi connectivity index (χ1v) is 5.72. The number of hydrogen-bond donors (Lipinski definition) is 0. The van der Waals surface area contributed by atoms with Gasteiger partial charge in [0.2, 0.25) is 0 Å². The van der Waals surface area contributed by atoms with Gasteiger partial charge in [-0.2, -0.15) is 0 Å². The largest absolute Gasteiger partial charge is 0.305 e. The van der Waals surface area contributed by atoms with Crippen LogP contribution in [0.15, 0.2) is 29.2 Å². The summed E-state index contributed by atoms with van der Waals surface area (Å²) in [6.45, 7) is 0.927. The lowest BCUT2D eigenvalue weighted by molar-refractivity contribution is 0.402. The molecule has 72 valence electrons. The summed E-state index contributed by atoms with van der Waals surface area (Å²) in [5, 5.41) is 0. The Bertz CT molecular complexity index is 292. The Kier molecular flexibility index (Phi) is 3.63. The van der Waals surface area contributed by atoms with E-state index < -0.39 is 10.8 Å². The molecule has 0 aliphatic rings. The Morgan fingerprint density at radius 2 is 1.77 bits per heavy atom. The monoisotopic (exact) mass is 197 g/mol. The maximum Gasteiger partial charge on any atom is 0.0498 e. The van der Waals surface area contributed by atoms with Crippen LogP contribution in [0, 0.1) is 0 Å². The summed E-state index contributed by atoms with van der Waals surface area (Å²) >= 11 is 0. The third kappa shape index (κ3) is 3.28. The molecule has 13 heavy (non-hydrogen) atoms. The fourth-order valence-electron chi connectivity index (χ4n) is 1.15. The van der Waals surface area contributed by atoms with Gasteiger partial charge < -0.3 is 4.90 Å². The van der Waals surface area contributed by atoms with Gasteiger partial charge in [0.1, 0.15) is 0 Å². The first-order chi connectivity index (χ1) is 6.09. The second-order valence-corrected chi connectivity index (χ2v) is 4.72. The molecule has 3 heteroatoms. The Balaban J connectivity index is 2.75. The smallest absolute Gasteiger partial charge is 0.0498 e. The van der Waals surface area contributed by atoms with Crippen molar-refractivity contribution in [2.75, 3.05) is 20.4 Å². The molecule has 1 rings (SSSR count). The molecule has 0 fully saturated rings. The molecule has 0 bridgehead atoms. The van der Waals surface area contributed by atoms with E-state index in [4.69, 9.17) is 0 Å². The van der Waals surface area contributed by atoms with Crippen molar-refractivity contribution in [3.63, 3.8) is 0 Å². The van der Waals surface area contributed by atoms with Crippen molar-refractivity contribution in [3.8, 4) is 0 Å². The molecule has 1 unspecified atom stereocenters. The zero-order chi connectivity index (χ0) is 9.84. The molecule has 0 aliphatic carbocycles. The fraction of sp³-hybridized carbons (Fsp3) is 0.400. The highest BCUT2D eigenvalue weighted by atomic mass is 32.2. The van der Waals surface area contributed by atoms with Gasteiger partial charge in [0, 0.05) is 28.5 Å². The van der Waals surface area contributed by atoms with Crippen molar-refractivity contribution >= 4 is 10.8 Å². The van der Waals surface area contributed by atoms with Crippen molar-refractivity contribution in [3.05, 3.63) is 29.8 Å². The third-order valence-corrected chi connectivity index (χ3v) is 2.69. The van der Waals surface area contributed by atoms with Crippen molar-refractivity contribution < 1.29 is 4.21 Å². The molecule has 0 heterocycles. The van der Waals surface area contributed by atoms with Crippen molar-refractivity contribution in [1.82, 2.24) is 4.90 Å². The van der Waals surface area contributed by atoms with Crippen molar-refractivity contribution in [1.29, 1.82) is 0 Å². The Morgan fingerprint density at radius 3 is 2.15 bits per heavy atom. The topological polar surface area (TPSA) is 20.3 Å². The summed E-state index contributed by atoms with van der Waals surface area (Å²) in [5.41, 5.74) is 1.25. The second kappa shape index (κ2) is 4.53. The Labute approximate surface area is 82.0 Å². The number of benzene rings is 1. The molecule has 0 N–H and O–H groups in total. The highest BCUT2D eigenvalue weighted by Gasteiger charge is 1.98. The maximum absolute atomic E-state index is 11.1. The lowest BCUT2D eigenvalue weighted by atomic mass is 10.2. The van der Waals surface area contributed by atoms with Gasteiger partial charge in [0.15, 0.2) is 0 Å². The van der Waals surface area contributed by atoms with Crippen LogP contribution < -0.4 is 0 Å². The quantitative estimate of drug-likeness (QED) is 0.731. The summed E-state index contributed by atoms with van der Waals surface area (Å²) in [7, 11) is 3.20. The molecule has 0 amide bonds. The van der Waals surface area contributed by atoms with Crippen LogP contribution in [0.4, 0.5) is 0 Å². The van der Waals surface area contributed by atoms with E-state index in [-0.39, 0.29) is 0 Å². The van der Waals surface area contributed by atoms with Crippen LogP contribution in [0.5, 0.6) is 0 Å². The summed E-state index contributed by atoms with van der Waals surface area (Å²) in [6.07, 6.45) is 1.70. The van der Waals surface area contributed by atoms with Gasteiger partial charge >= 0.3 is 0 Å². The molecule has 0 saturated carbocycles. The summed E-state index contributed by atoms with van der Waals surface area (Å²) < 4.78 is 11.1. The average Bonchev–Trinajstić information content (AvgIpc) is 2.04. The molecule has 1 aromatic carbocycles. The fourth-order valence-corrected chi connectivity index (χ4v) is 1.67. The van der Waals surface area contributed by atoms with Crippen LogP contribution in [0.2, 0.25) is 0 Å². The summed E-state index contributed by atoms with van der Waals surface area (Å²) in [6, 6.07) is 7.90. The molecule has 1 atom stereocenters. The second-order valence-electron chi connectivity index (χ2n) is 3.34. The van der Waals surface area contributed by atoms with Gasteiger partial charge in [-0.05, 0) is 31.8 Å². The minimum atomic E-state index is -0.864. The highest BCUT2D eigenvalue weighted by Crippen LogP contribution is 2.08. The van der Waals surface area contributed by atoms with E-state index >= 15 is 0 Å². The van der Waals surface area contributed by atoms with Crippen molar-refractivity contribution in [2.24, 2.45) is 0 Å². The third-order valence-electron chi connectivity index (χ3n) is 1.75. The first-order valence-electron chi connectivity index (χ1n) is 4.16. The molecule has 0 saturated heterocycles. The zero-order valence-corrected chi connectivity index (χ0v) is 9.10. The molecular weight excluding hydrogens is 182 g/mol. The molecule has 0 aromatic heterocycles. The van der Waals surface area contributed by atoms with Gasteiger partial charge in [-0.3, -0.25) is 4.21 Å². The summed E-state index contributed by atoms with van der Waals surface area (Å²) in [4.78, 5) is 3.00. The van der Waals surface area contributed by atoms with Crippen LogP contribution in [0.3, 0.4) is 0 Å². The van der Waals surface area contributed by atoms with E-state index in [0.29, 0.717) is 0 Å². The van der Waals surface area contributed by atoms with E-state index in [1.165, 1.54) is 5.56 Å².